The standard InChI is InChI=1S/C10H15N5/c1-7(9-6-11-14-8(9)2)13-10-4-5-12-15(10)3/h4-7,13H,1-3H3,(H,11,14). The van der Waals surface area contributed by atoms with Crippen molar-refractivity contribution >= 4 is 5.82 Å². The highest BCUT2D eigenvalue weighted by Gasteiger charge is 2.10. The van der Waals surface area contributed by atoms with Crippen LogP contribution in [0.3, 0.4) is 0 Å². The summed E-state index contributed by atoms with van der Waals surface area (Å²) in [5.41, 5.74) is 2.27. The first-order valence-electron chi connectivity index (χ1n) is 4.93. The quantitative estimate of drug-likeness (QED) is 0.800. The van der Waals surface area contributed by atoms with E-state index in [9.17, 15) is 0 Å². The predicted octanol–water partition coefficient (Wildman–Crippen LogP) is 1.62. The summed E-state index contributed by atoms with van der Waals surface area (Å²) in [5, 5.41) is 14.4. The van der Waals surface area contributed by atoms with Gasteiger partial charge in [0.2, 0.25) is 0 Å². The molecular weight excluding hydrogens is 190 g/mol. The van der Waals surface area contributed by atoms with E-state index in [0.29, 0.717) is 0 Å². The number of rotatable bonds is 3. The predicted molar refractivity (Wildman–Crippen MR) is 58.6 cm³/mol. The van der Waals surface area contributed by atoms with E-state index in [2.05, 4.69) is 27.5 Å². The van der Waals surface area contributed by atoms with Crippen LogP contribution in [0.2, 0.25) is 0 Å². The minimum atomic E-state index is 0.221. The van der Waals surface area contributed by atoms with Crippen molar-refractivity contribution < 1.29 is 0 Å². The zero-order valence-corrected chi connectivity index (χ0v) is 9.15. The number of anilines is 1. The van der Waals surface area contributed by atoms with Gasteiger partial charge in [-0.1, -0.05) is 0 Å². The Balaban J connectivity index is 2.14. The van der Waals surface area contributed by atoms with Crippen LogP contribution in [-0.4, -0.2) is 20.0 Å². The van der Waals surface area contributed by atoms with E-state index in [0.717, 1.165) is 11.5 Å². The maximum Gasteiger partial charge on any atom is 0.124 e. The first-order chi connectivity index (χ1) is 7.18. The van der Waals surface area contributed by atoms with Crippen LogP contribution in [0.4, 0.5) is 5.82 Å². The van der Waals surface area contributed by atoms with Crippen molar-refractivity contribution in [3.63, 3.8) is 0 Å². The minimum absolute atomic E-state index is 0.221. The number of H-pyrrole nitrogens is 1. The number of hydrogen-bond donors (Lipinski definition) is 2. The second-order valence-electron chi connectivity index (χ2n) is 3.66. The first kappa shape index (κ1) is 9.76. The summed E-state index contributed by atoms with van der Waals surface area (Å²) in [5.74, 6) is 1.00. The van der Waals surface area contributed by atoms with Gasteiger partial charge in [-0.05, 0) is 13.8 Å². The van der Waals surface area contributed by atoms with Crippen molar-refractivity contribution in [1.82, 2.24) is 20.0 Å². The lowest BCUT2D eigenvalue weighted by Crippen LogP contribution is -2.10. The van der Waals surface area contributed by atoms with Crippen molar-refractivity contribution in [3.8, 4) is 0 Å². The van der Waals surface area contributed by atoms with E-state index in [-0.39, 0.29) is 6.04 Å². The Morgan fingerprint density at radius 3 is 2.87 bits per heavy atom. The fourth-order valence-electron chi connectivity index (χ4n) is 1.61. The smallest absolute Gasteiger partial charge is 0.124 e. The third kappa shape index (κ3) is 1.86. The zero-order valence-electron chi connectivity index (χ0n) is 9.15. The van der Waals surface area contributed by atoms with Gasteiger partial charge in [0.1, 0.15) is 5.82 Å². The Hall–Kier alpha value is -1.78. The second kappa shape index (κ2) is 3.76. The van der Waals surface area contributed by atoms with Gasteiger partial charge in [-0.3, -0.25) is 9.78 Å². The van der Waals surface area contributed by atoms with Gasteiger partial charge in [-0.25, -0.2) is 0 Å². The van der Waals surface area contributed by atoms with Crippen LogP contribution in [-0.2, 0) is 7.05 Å². The average molecular weight is 205 g/mol. The van der Waals surface area contributed by atoms with Crippen LogP contribution in [0.5, 0.6) is 0 Å². The highest BCUT2D eigenvalue weighted by atomic mass is 15.3. The fraction of sp³-hybridized carbons (Fsp3) is 0.400. The Bertz CT molecular complexity index is 442. The Labute approximate surface area is 88.5 Å². The number of aromatic nitrogens is 4. The summed E-state index contributed by atoms with van der Waals surface area (Å²) in [6.45, 7) is 4.12. The van der Waals surface area contributed by atoms with E-state index in [1.807, 2.05) is 30.9 Å². The molecule has 1 atom stereocenters. The Morgan fingerprint density at radius 1 is 1.53 bits per heavy atom. The first-order valence-corrected chi connectivity index (χ1v) is 4.93. The SMILES string of the molecule is Cc1[nH]ncc1C(C)Nc1ccnn1C. The van der Waals surface area contributed by atoms with E-state index in [1.165, 1.54) is 5.56 Å². The Morgan fingerprint density at radius 2 is 2.33 bits per heavy atom. The molecule has 5 nitrogen and oxygen atoms in total. The number of nitrogens with one attached hydrogen (secondary N) is 2. The summed E-state index contributed by atoms with van der Waals surface area (Å²) in [4.78, 5) is 0. The van der Waals surface area contributed by atoms with E-state index >= 15 is 0 Å². The molecule has 0 aliphatic carbocycles. The van der Waals surface area contributed by atoms with Crippen LogP contribution >= 0.6 is 0 Å². The number of hydrogen-bond acceptors (Lipinski definition) is 3. The van der Waals surface area contributed by atoms with Gasteiger partial charge in [0.25, 0.3) is 0 Å². The summed E-state index contributed by atoms with van der Waals surface area (Å²) in [6.07, 6.45) is 3.63. The summed E-state index contributed by atoms with van der Waals surface area (Å²) < 4.78 is 1.81. The highest BCUT2D eigenvalue weighted by molar-refractivity contribution is 5.38. The van der Waals surface area contributed by atoms with Crippen molar-refractivity contribution in [2.45, 2.75) is 19.9 Å². The third-order valence-corrected chi connectivity index (χ3v) is 2.52. The number of aromatic amines is 1. The molecule has 2 heterocycles. The summed E-state index contributed by atoms with van der Waals surface area (Å²) >= 11 is 0. The molecule has 1 unspecified atom stereocenters. The largest absolute Gasteiger partial charge is 0.364 e. The Kier molecular flexibility index (Phi) is 2.45. The molecule has 0 radical (unpaired) electrons. The highest BCUT2D eigenvalue weighted by Crippen LogP contribution is 2.19. The maximum atomic E-state index is 4.10. The zero-order chi connectivity index (χ0) is 10.8. The number of nitrogens with zero attached hydrogens (tertiary/aromatic N) is 3. The summed E-state index contributed by atoms with van der Waals surface area (Å²) in [7, 11) is 1.91. The van der Waals surface area contributed by atoms with Crippen molar-refractivity contribution in [2.75, 3.05) is 5.32 Å². The monoisotopic (exact) mass is 205 g/mol. The van der Waals surface area contributed by atoms with Gasteiger partial charge < -0.3 is 5.32 Å². The molecule has 0 amide bonds. The van der Waals surface area contributed by atoms with Gasteiger partial charge >= 0.3 is 0 Å². The normalized spacial score (nSPS) is 12.7. The summed E-state index contributed by atoms with van der Waals surface area (Å²) in [6, 6.07) is 2.17. The molecule has 2 aromatic heterocycles. The molecule has 15 heavy (non-hydrogen) atoms. The molecule has 0 aliphatic heterocycles. The molecule has 0 spiro atoms. The van der Waals surface area contributed by atoms with Crippen molar-refractivity contribution in [3.05, 3.63) is 29.7 Å². The van der Waals surface area contributed by atoms with Crippen molar-refractivity contribution in [2.24, 2.45) is 7.05 Å². The minimum Gasteiger partial charge on any atom is -0.364 e. The molecule has 2 N–H and O–H groups in total. The van der Waals surface area contributed by atoms with Gasteiger partial charge in [-0.2, -0.15) is 10.2 Å². The second-order valence-corrected chi connectivity index (χ2v) is 3.66. The van der Waals surface area contributed by atoms with Crippen molar-refractivity contribution in [1.29, 1.82) is 0 Å². The molecule has 2 aromatic rings. The fourth-order valence-corrected chi connectivity index (χ4v) is 1.61. The number of aryl methyl sites for hydroxylation is 2. The van der Waals surface area contributed by atoms with Gasteiger partial charge in [0.05, 0.1) is 18.4 Å². The molecule has 0 aromatic carbocycles. The third-order valence-electron chi connectivity index (χ3n) is 2.52. The lowest BCUT2D eigenvalue weighted by atomic mass is 10.1. The van der Waals surface area contributed by atoms with Gasteiger partial charge in [-0.15, -0.1) is 0 Å². The molecule has 0 aliphatic rings. The molecule has 0 bridgehead atoms. The lowest BCUT2D eigenvalue weighted by molar-refractivity contribution is 0.749. The maximum absolute atomic E-state index is 4.10. The van der Waals surface area contributed by atoms with E-state index < -0.39 is 0 Å². The van der Waals surface area contributed by atoms with Crippen LogP contribution < -0.4 is 5.32 Å². The molecule has 80 valence electrons. The van der Waals surface area contributed by atoms with Gasteiger partial charge in [0.15, 0.2) is 0 Å². The molecule has 2 rings (SSSR count). The van der Waals surface area contributed by atoms with Gasteiger partial charge in [0, 0.05) is 24.4 Å². The molecular formula is C10H15N5. The van der Waals surface area contributed by atoms with Crippen LogP contribution in [0.25, 0.3) is 0 Å². The molecule has 0 saturated heterocycles. The van der Waals surface area contributed by atoms with Crippen LogP contribution in [0.1, 0.15) is 24.2 Å². The lowest BCUT2D eigenvalue weighted by Gasteiger charge is -2.14. The van der Waals surface area contributed by atoms with E-state index in [1.54, 1.807) is 6.20 Å². The van der Waals surface area contributed by atoms with E-state index in [4.69, 9.17) is 0 Å². The average Bonchev–Trinajstić information content (AvgIpc) is 2.76. The molecule has 5 heteroatoms. The van der Waals surface area contributed by atoms with Crippen LogP contribution in [0, 0.1) is 6.92 Å². The topological polar surface area (TPSA) is 58.5 Å². The molecule has 0 fully saturated rings. The molecule has 0 saturated carbocycles. The van der Waals surface area contributed by atoms with Crippen LogP contribution in [0.15, 0.2) is 18.5 Å².